The largest absolute Gasteiger partial charge is 0.492 e. The Kier molecular flexibility index (Phi) is 6.60. The molecule has 0 aliphatic carbocycles. The summed E-state index contributed by atoms with van der Waals surface area (Å²) in [6.45, 7) is 2.55. The summed E-state index contributed by atoms with van der Waals surface area (Å²) in [5.74, 6) is 0.454. The molecule has 2 aromatic carbocycles. The Morgan fingerprint density at radius 1 is 1.07 bits per heavy atom. The average Bonchev–Trinajstić information content (AvgIpc) is 2.69. The van der Waals surface area contributed by atoms with Gasteiger partial charge in [0.15, 0.2) is 0 Å². The highest BCUT2D eigenvalue weighted by atomic mass is 79.9. The topological polar surface area (TPSA) is 73.2 Å². The minimum Gasteiger partial charge on any atom is -0.492 e. The fraction of sp³-hybridized carbons (Fsp3) is 0.190. The summed E-state index contributed by atoms with van der Waals surface area (Å²) in [6, 6.07) is 18.3. The van der Waals surface area contributed by atoms with E-state index in [1.807, 2.05) is 55.5 Å². The van der Waals surface area contributed by atoms with E-state index < -0.39 is 0 Å². The molecule has 3 rings (SSSR count). The van der Waals surface area contributed by atoms with Gasteiger partial charge in [-0.15, -0.1) is 0 Å². The highest BCUT2D eigenvalue weighted by molar-refractivity contribution is 9.10. The van der Waals surface area contributed by atoms with Crippen molar-refractivity contribution in [3.8, 4) is 17.0 Å². The second-order valence-corrected chi connectivity index (χ2v) is 7.15. The molecule has 0 bridgehead atoms. The van der Waals surface area contributed by atoms with Gasteiger partial charge in [-0.3, -0.25) is 9.59 Å². The van der Waals surface area contributed by atoms with Gasteiger partial charge in [-0.1, -0.05) is 45.8 Å². The normalized spacial score (nSPS) is 10.5. The maximum absolute atomic E-state index is 12.1. The molecule has 0 spiro atoms. The Bertz CT molecular complexity index is 999. The van der Waals surface area contributed by atoms with E-state index in [4.69, 9.17) is 4.74 Å². The lowest BCUT2D eigenvalue weighted by molar-refractivity contribution is -0.122. The van der Waals surface area contributed by atoms with Crippen LogP contribution in [0, 0.1) is 6.92 Å². The lowest BCUT2D eigenvalue weighted by Crippen LogP contribution is -2.35. The molecule has 0 fully saturated rings. The summed E-state index contributed by atoms with van der Waals surface area (Å²) in [5, 5.41) is 7.03. The van der Waals surface area contributed by atoms with Gasteiger partial charge in [0.2, 0.25) is 5.91 Å². The summed E-state index contributed by atoms with van der Waals surface area (Å²) in [4.78, 5) is 24.2. The summed E-state index contributed by atoms with van der Waals surface area (Å²) >= 11 is 3.39. The lowest BCUT2D eigenvalue weighted by Gasteiger charge is -2.09. The van der Waals surface area contributed by atoms with Gasteiger partial charge < -0.3 is 10.1 Å². The van der Waals surface area contributed by atoms with E-state index >= 15 is 0 Å². The number of nitrogens with zero attached hydrogens (tertiary/aromatic N) is 2. The Balaban J connectivity index is 1.54. The van der Waals surface area contributed by atoms with E-state index in [1.54, 1.807) is 6.07 Å². The van der Waals surface area contributed by atoms with Gasteiger partial charge in [-0.2, -0.15) is 5.10 Å². The van der Waals surface area contributed by atoms with Gasteiger partial charge in [0.05, 0.1) is 12.2 Å². The van der Waals surface area contributed by atoms with Crippen LogP contribution in [0.2, 0.25) is 0 Å². The minimum atomic E-state index is -0.327. The number of halogens is 1. The Hall–Kier alpha value is -2.93. The molecular weight excluding hydrogens is 422 g/mol. The number of carbonyl (C=O) groups excluding carboxylic acids is 1. The van der Waals surface area contributed by atoms with Gasteiger partial charge in [0.25, 0.3) is 5.56 Å². The summed E-state index contributed by atoms with van der Waals surface area (Å²) in [7, 11) is 0. The standard InChI is InChI=1S/C21H20BrN3O3/c1-15-2-8-18(9-3-15)28-13-12-23-20(26)14-25-21(27)11-10-19(24-25)16-4-6-17(22)7-5-16/h2-11H,12-14H2,1H3,(H,23,26). The molecule has 144 valence electrons. The third kappa shape index (κ3) is 5.53. The van der Waals surface area contributed by atoms with Crippen molar-refractivity contribution in [2.75, 3.05) is 13.2 Å². The molecule has 0 saturated heterocycles. The van der Waals surface area contributed by atoms with Crippen LogP contribution < -0.4 is 15.6 Å². The zero-order valence-electron chi connectivity index (χ0n) is 15.4. The van der Waals surface area contributed by atoms with Crippen LogP contribution in [0.3, 0.4) is 0 Å². The van der Waals surface area contributed by atoms with Gasteiger partial charge in [-0.25, -0.2) is 4.68 Å². The quantitative estimate of drug-likeness (QED) is 0.571. The smallest absolute Gasteiger partial charge is 0.267 e. The van der Waals surface area contributed by atoms with Crippen molar-refractivity contribution in [3.63, 3.8) is 0 Å². The Morgan fingerprint density at radius 3 is 2.50 bits per heavy atom. The van der Waals surface area contributed by atoms with E-state index in [0.717, 1.165) is 26.0 Å². The van der Waals surface area contributed by atoms with Crippen LogP contribution in [-0.4, -0.2) is 28.8 Å². The van der Waals surface area contributed by atoms with Crippen molar-refractivity contribution < 1.29 is 9.53 Å². The molecule has 1 aromatic heterocycles. The van der Waals surface area contributed by atoms with Crippen molar-refractivity contribution in [2.45, 2.75) is 13.5 Å². The summed E-state index contributed by atoms with van der Waals surface area (Å²) < 4.78 is 7.68. The van der Waals surface area contributed by atoms with Gasteiger partial charge in [-0.05, 0) is 37.3 Å². The van der Waals surface area contributed by atoms with Gasteiger partial charge in [0.1, 0.15) is 18.9 Å². The summed E-state index contributed by atoms with van der Waals surface area (Å²) in [5.41, 5.74) is 2.32. The number of nitrogens with one attached hydrogen (secondary N) is 1. The van der Waals surface area contributed by atoms with Crippen LogP contribution in [0.5, 0.6) is 5.75 Å². The minimum absolute atomic E-state index is 0.145. The number of ether oxygens (including phenoxy) is 1. The fourth-order valence-electron chi connectivity index (χ4n) is 2.52. The third-order valence-electron chi connectivity index (χ3n) is 4.01. The van der Waals surface area contributed by atoms with Crippen molar-refractivity contribution in [1.82, 2.24) is 15.1 Å². The monoisotopic (exact) mass is 441 g/mol. The maximum Gasteiger partial charge on any atom is 0.267 e. The fourth-order valence-corrected chi connectivity index (χ4v) is 2.79. The van der Waals surface area contributed by atoms with Crippen molar-refractivity contribution >= 4 is 21.8 Å². The molecule has 0 saturated carbocycles. The van der Waals surface area contributed by atoms with Crippen LogP contribution in [-0.2, 0) is 11.3 Å². The van der Waals surface area contributed by atoms with Crippen molar-refractivity contribution in [1.29, 1.82) is 0 Å². The molecule has 3 aromatic rings. The molecule has 0 aliphatic heterocycles. The summed E-state index contributed by atoms with van der Waals surface area (Å²) in [6.07, 6.45) is 0. The first-order valence-corrected chi connectivity index (χ1v) is 9.61. The third-order valence-corrected chi connectivity index (χ3v) is 4.54. The zero-order valence-corrected chi connectivity index (χ0v) is 17.0. The number of aryl methyl sites for hydroxylation is 1. The first kappa shape index (κ1) is 19.8. The SMILES string of the molecule is Cc1ccc(OCCNC(=O)Cn2nc(-c3ccc(Br)cc3)ccc2=O)cc1. The molecule has 1 N–H and O–H groups in total. The Morgan fingerprint density at radius 2 is 1.79 bits per heavy atom. The zero-order chi connectivity index (χ0) is 19.9. The maximum atomic E-state index is 12.1. The number of amides is 1. The Labute approximate surface area is 171 Å². The van der Waals surface area contributed by atoms with Crippen LogP contribution in [0.4, 0.5) is 0 Å². The molecule has 0 atom stereocenters. The second kappa shape index (κ2) is 9.32. The molecule has 0 aliphatic rings. The number of hydrogen-bond donors (Lipinski definition) is 1. The van der Waals surface area contributed by atoms with E-state index in [0.29, 0.717) is 18.8 Å². The molecule has 0 unspecified atom stereocenters. The van der Waals surface area contributed by atoms with Crippen molar-refractivity contribution in [3.05, 3.63) is 81.1 Å². The number of benzene rings is 2. The van der Waals surface area contributed by atoms with E-state index in [1.165, 1.54) is 6.07 Å². The van der Waals surface area contributed by atoms with E-state index in [2.05, 4.69) is 26.3 Å². The van der Waals surface area contributed by atoms with Crippen LogP contribution in [0.1, 0.15) is 5.56 Å². The van der Waals surface area contributed by atoms with Crippen LogP contribution in [0.15, 0.2) is 69.9 Å². The second-order valence-electron chi connectivity index (χ2n) is 6.23. The molecule has 28 heavy (non-hydrogen) atoms. The van der Waals surface area contributed by atoms with Crippen LogP contribution in [0.25, 0.3) is 11.3 Å². The molecular formula is C21H20BrN3O3. The molecule has 1 heterocycles. The number of carbonyl (C=O) groups is 1. The van der Waals surface area contributed by atoms with Gasteiger partial charge >= 0.3 is 0 Å². The number of hydrogen-bond acceptors (Lipinski definition) is 4. The first-order valence-electron chi connectivity index (χ1n) is 8.81. The first-order chi connectivity index (χ1) is 13.5. The predicted octanol–water partition coefficient (Wildman–Crippen LogP) is 3.18. The number of aromatic nitrogens is 2. The van der Waals surface area contributed by atoms with E-state index in [-0.39, 0.29) is 18.0 Å². The molecule has 0 radical (unpaired) electrons. The lowest BCUT2D eigenvalue weighted by atomic mass is 10.1. The van der Waals surface area contributed by atoms with Crippen molar-refractivity contribution in [2.24, 2.45) is 0 Å². The molecule has 6 nitrogen and oxygen atoms in total. The highest BCUT2D eigenvalue weighted by Gasteiger charge is 2.08. The molecule has 7 heteroatoms. The van der Waals surface area contributed by atoms with Crippen LogP contribution >= 0.6 is 15.9 Å². The molecule has 1 amide bonds. The average molecular weight is 442 g/mol. The van der Waals surface area contributed by atoms with E-state index in [9.17, 15) is 9.59 Å². The predicted molar refractivity (Wildman–Crippen MR) is 111 cm³/mol. The number of rotatable bonds is 7. The highest BCUT2D eigenvalue weighted by Crippen LogP contribution is 2.18. The van der Waals surface area contributed by atoms with Gasteiger partial charge in [0, 0.05) is 16.1 Å².